The predicted molar refractivity (Wildman–Crippen MR) is 112 cm³/mol. The summed E-state index contributed by atoms with van der Waals surface area (Å²) in [4.78, 5) is 14.8. The van der Waals surface area contributed by atoms with Crippen LogP contribution in [0.2, 0.25) is 10.0 Å². The number of benzene rings is 2. The summed E-state index contributed by atoms with van der Waals surface area (Å²) in [5, 5.41) is 0.777. The first-order valence-corrected chi connectivity index (χ1v) is 9.37. The number of methoxy groups -OCH3 is 2. The van der Waals surface area contributed by atoms with Gasteiger partial charge in [-0.05, 0) is 42.0 Å². The van der Waals surface area contributed by atoms with E-state index in [1.54, 1.807) is 44.6 Å². The van der Waals surface area contributed by atoms with E-state index in [1.807, 2.05) is 12.1 Å². The molecule has 26 heavy (non-hydrogen) atoms. The fraction of sp³-hybridized carbons (Fsp3) is 0.111. The molecule has 1 aliphatic rings. The van der Waals surface area contributed by atoms with E-state index in [2.05, 4.69) is 0 Å². The van der Waals surface area contributed by atoms with Crippen LogP contribution in [-0.4, -0.2) is 24.4 Å². The van der Waals surface area contributed by atoms with Gasteiger partial charge in [-0.1, -0.05) is 47.2 Å². The van der Waals surface area contributed by atoms with Crippen LogP contribution >= 0.6 is 47.2 Å². The topological polar surface area (TPSA) is 38.8 Å². The van der Waals surface area contributed by atoms with Crippen LogP contribution in [0.1, 0.15) is 5.56 Å². The lowest BCUT2D eigenvalue weighted by Gasteiger charge is -2.15. The zero-order chi connectivity index (χ0) is 18.8. The Hall–Kier alpha value is -1.73. The van der Waals surface area contributed by atoms with Crippen molar-refractivity contribution in [3.8, 4) is 11.5 Å². The third-order valence-electron chi connectivity index (χ3n) is 3.63. The molecule has 0 spiro atoms. The smallest absolute Gasteiger partial charge is 0.270 e. The maximum atomic E-state index is 12.8. The highest BCUT2D eigenvalue weighted by Gasteiger charge is 2.33. The van der Waals surface area contributed by atoms with E-state index in [0.717, 1.165) is 5.56 Å². The van der Waals surface area contributed by atoms with Crippen molar-refractivity contribution < 1.29 is 14.3 Å². The summed E-state index contributed by atoms with van der Waals surface area (Å²) in [6, 6.07) is 10.3. The summed E-state index contributed by atoms with van der Waals surface area (Å²) < 4.78 is 10.9. The highest BCUT2D eigenvalue weighted by Crippen LogP contribution is 2.38. The molecule has 0 atom stereocenters. The molecule has 1 amide bonds. The summed E-state index contributed by atoms with van der Waals surface area (Å²) in [5.74, 6) is 1.05. The van der Waals surface area contributed by atoms with E-state index >= 15 is 0 Å². The monoisotopic (exact) mass is 425 g/mol. The van der Waals surface area contributed by atoms with E-state index < -0.39 is 0 Å². The number of hydrogen-bond acceptors (Lipinski definition) is 5. The van der Waals surface area contributed by atoms with Crippen molar-refractivity contribution in [2.75, 3.05) is 19.1 Å². The minimum atomic E-state index is -0.222. The quantitative estimate of drug-likeness (QED) is 0.483. The van der Waals surface area contributed by atoms with Gasteiger partial charge in [-0.15, -0.1) is 0 Å². The van der Waals surface area contributed by atoms with Crippen LogP contribution < -0.4 is 14.4 Å². The molecule has 3 rings (SSSR count). The van der Waals surface area contributed by atoms with Crippen molar-refractivity contribution in [1.82, 2.24) is 0 Å². The largest absolute Gasteiger partial charge is 0.497 e. The lowest BCUT2D eigenvalue weighted by atomic mass is 10.1. The van der Waals surface area contributed by atoms with Gasteiger partial charge in [-0.2, -0.15) is 0 Å². The number of nitrogens with zero attached hydrogens (tertiary/aromatic N) is 1. The van der Waals surface area contributed by atoms with Gasteiger partial charge in [-0.25, -0.2) is 0 Å². The summed E-state index contributed by atoms with van der Waals surface area (Å²) in [5.41, 5.74) is 1.35. The molecule has 2 aromatic carbocycles. The van der Waals surface area contributed by atoms with Crippen molar-refractivity contribution >= 4 is 69.2 Å². The van der Waals surface area contributed by atoms with E-state index in [0.29, 0.717) is 36.5 Å². The third-order valence-corrected chi connectivity index (χ3v) is 5.67. The Morgan fingerprint density at radius 3 is 2.27 bits per heavy atom. The number of thiocarbonyl (C=S) groups is 1. The molecule has 0 radical (unpaired) electrons. The van der Waals surface area contributed by atoms with E-state index in [-0.39, 0.29) is 5.91 Å². The van der Waals surface area contributed by atoms with Crippen LogP contribution in [0.3, 0.4) is 0 Å². The first-order valence-electron chi connectivity index (χ1n) is 7.39. The molecule has 1 heterocycles. The Bertz CT molecular complexity index is 908. The number of halogens is 2. The van der Waals surface area contributed by atoms with Gasteiger partial charge in [0.1, 0.15) is 11.5 Å². The fourth-order valence-corrected chi connectivity index (χ4v) is 3.97. The van der Waals surface area contributed by atoms with Gasteiger partial charge >= 0.3 is 0 Å². The molecular weight excluding hydrogens is 413 g/mol. The van der Waals surface area contributed by atoms with E-state index in [1.165, 1.54) is 16.7 Å². The van der Waals surface area contributed by atoms with E-state index in [9.17, 15) is 4.79 Å². The first kappa shape index (κ1) is 19.0. The van der Waals surface area contributed by atoms with Crippen LogP contribution in [0.4, 0.5) is 5.69 Å². The SMILES string of the molecule is COc1cc(/C=C2\SC(=S)N(c3ccc(Cl)c(Cl)c3)C2=O)cc(OC)c1. The molecule has 0 aliphatic carbocycles. The van der Waals surface area contributed by atoms with Crippen molar-refractivity contribution in [3.05, 3.63) is 56.9 Å². The van der Waals surface area contributed by atoms with Gasteiger partial charge < -0.3 is 9.47 Å². The molecule has 2 aromatic rings. The molecular formula is C18H13Cl2NO3S2. The van der Waals surface area contributed by atoms with Gasteiger partial charge in [0.2, 0.25) is 0 Å². The Balaban J connectivity index is 1.96. The molecule has 0 saturated carbocycles. The maximum Gasteiger partial charge on any atom is 0.270 e. The summed E-state index contributed by atoms with van der Waals surface area (Å²) >= 11 is 18.6. The van der Waals surface area contributed by atoms with Crippen LogP contribution in [0.25, 0.3) is 6.08 Å². The van der Waals surface area contributed by atoms with Gasteiger partial charge in [0.15, 0.2) is 4.32 Å². The lowest BCUT2D eigenvalue weighted by molar-refractivity contribution is -0.113. The normalized spacial score (nSPS) is 15.7. The standard InChI is InChI=1S/C18H13Cl2NO3S2/c1-23-12-5-10(6-13(9-12)24-2)7-16-17(22)21(18(25)26-16)11-3-4-14(19)15(20)8-11/h3-9H,1-2H3/b16-7-. The summed E-state index contributed by atoms with van der Waals surface area (Å²) in [7, 11) is 3.14. The number of hydrogen-bond donors (Lipinski definition) is 0. The van der Waals surface area contributed by atoms with Crippen molar-refractivity contribution in [2.45, 2.75) is 0 Å². The number of amides is 1. The fourth-order valence-electron chi connectivity index (χ4n) is 2.38. The summed E-state index contributed by atoms with van der Waals surface area (Å²) in [6.07, 6.45) is 1.75. The molecule has 0 bridgehead atoms. The molecule has 0 unspecified atom stereocenters. The number of anilines is 1. The van der Waals surface area contributed by atoms with Gasteiger partial charge in [0.05, 0.1) is 34.9 Å². The number of carbonyl (C=O) groups excluding carboxylic acids is 1. The highest BCUT2D eigenvalue weighted by molar-refractivity contribution is 8.27. The molecule has 8 heteroatoms. The van der Waals surface area contributed by atoms with Gasteiger partial charge in [-0.3, -0.25) is 9.69 Å². The zero-order valence-electron chi connectivity index (χ0n) is 13.8. The minimum absolute atomic E-state index is 0.222. The van der Waals surface area contributed by atoms with Crippen LogP contribution in [0, 0.1) is 0 Å². The Morgan fingerprint density at radius 1 is 1.04 bits per heavy atom. The third kappa shape index (κ3) is 3.83. The van der Waals surface area contributed by atoms with Crippen LogP contribution in [-0.2, 0) is 4.79 Å². The molecule has 1 aliphatic heterocycles. The Labute approximate surface area is 170 Å². The molecule has 1 saturated heterocycles. The molecule has 1 fully saturated rings. The number of carbonyl (C=O) groups is 1. The molecule has 0 aromatic heterocycles. The second-order valence-corrected chi connectivity index (χ2v) is 7.75. The zero-order valence-corrected chi connectivity index (χ0v) is 16.9. The maximum absolute atomic E-state index is 12.8. The molecule has 0 N–H and O–H groups in total. The van der Waals surface area contributed by atoms with Gasteiger partial charge in [0, 0.05) is 6.07 Å². The van der Waals surface area contributed by atoms with Crippen molar-refractivity contribution in [3.63, 3.8) is 0 Å². The number of thioether (sulfide) groups is 1. The van der Waals surface area contributed by atoms with Crippen LogP contribution in [0.15, 0.2) is 41.3 Å². The predicted octanol–water partition coefficient (Wildman–Crippen LogP) is 5.42. The second-order valence-electron chi connectivity index (χ2n) is 5.26. The van der Waals surface area contributed by atoms with Crippen molar-refractivity contribution in [1.29, 1.82) is 0 Å². The second kappa shape index (κ2) is 7.88. The van der Waals surface area contributed by atoms with Crippen molar-refractivity contribution in [2.24, 2.45) is 0 Å². The van der Waals surface area contributed by atoms with Crippen LogP contribution in [0.5, 0.6) is 11.5 Å². The number of rotatable bonds is 4. The highest BCUT2D eigenvalue weighted by atomic mass is 35.5. The average molecular weight is 426 g/mol. The lowest BCUT2D eigenvalue weighted by Crippen LogP contribution is -2.27. The molecule has 4 nitrogen and oxygen atoms in total. The summed E-state index contributed by atoms with van der Waals surface area (Å²) in [6.45, 7) is 0. The number of ether oxygens (including phenoxy) is 2. The Kier molecular flexibility index (Phi) is 5.77. The Morgan fingerprint density at radius 2 is 1.69 bits per heavy atom. The average Bonchev–Trinajstić information content (AvgIpc) is 2.90. The molecule has 134 valence electrons. The minimum Gasteiger partial charge on any atom is -0.497 e. The van der Waals surface area contributed by atoms with Gasteiger partial charge in [0.25, 0.3) is 5.91 Å². The van der Waals surface area contributed by atoms with E-state index in [4.69, 9.17) is 44.9 Å². The first-order chi connectivity index (χ1) is 12.4.